The third-order valence-corrected chi connectivity index (χ3v) is 3.31. The minimum atomic E-state index is -0.677. The van der Waals surface area contributed by atoms with Crippen LogP contribution in [0.15, 0.2) is 55.0 Å². The second-order valence-electron chi connectivity index (χ2n) is 5.10. The molecule has 147 valence electrons. The summed E-state index contributed by atoms with van der Waals surface area (Å²) in [6, 6.07) is 10.6. The van der Waals surface area contributed by atoms with Gasteiger partial charge in [0.2, 0.25) is 0 Å². The number of rotatable bonds is 3. The van der Waals surface area contributed by atoms with Gasteiger partial charge in [0.05, 0.1) is 12.8 Å². The normalized spacial score (nSPS) is 9.86. The molecule has 6 nitrogen and oxygen atoms in total. The van der Waals surface area contributed by atoms with E-state index in [-0.39, 0.29) is 25.8 Å². The van der Waals surface area contributed by atoms with E-state index in [1.165, 1.54) is 16.9 Å². The molecule has 28 heavy (non-hydrogen) atoms. The Bertz CT molecular complexity index is 1020. The van der Waals surface area contributed by atoms with E-state index in [1.54, 1.807) is 37.7 Å². The third-order valence-electron chi connectivity index (χ3n) is 3.31. The maximum absolute atomic E-state index is 13.1. The van der Waals surface area contributed by atoms with Crippen LogP contribution in [0.25, 0.3) is 17.1 Å². The Hall–Kier alpha value is -2.97. The predicted molar refractivity (Wildman–Crippen MR) is 89.6 cm³/mol. The van der Waals surface area contributed by atoms with E-state index in [0.717, 1.165) is 12.1 Å². The second-order valence-corrected chi connectivity index (χ2v) is 5.10. The Labute approximate surface area is 171 Å². The van der Waals surface area contributed by atoms with Crippen LogP contribution < -0.4 is 9.84 Å². The van der Waals surface area contributed by atoms with E-state index < -0.39 is 17.6 Å². The second kappa shape index (κ2) is 9.82. The monoisotopic (exact) mass is 564 g/mol. The molecular weight excluding hydrogens is 551 g/mol. The first-order valence-corrected chi connectivity index (χ1v) is 7.60. The SMILES string of the molecule is COc1ccnc(-c2cc(F)n[n-]2)c1.Fc1c[c-]c(-n2cccn2)c(F)c1.[Ir]. The van der Waals surface area contributed by atoms with Crippen molar-refractivity contribution in [1.82, 2.24) is 25.0 Å². The molecule has 0 atom stereocenters. The average Bonchev–Trinajstić information content (AvgIpc) is 3.34. The molecule has 0 saturated heterocycles. The Morgan fingerprint density at radius 1 is 1.14 bits per heavy atom. The van der Waals surface area contributed by atoms with Crippen LogP contribution in [-0.2, 0) is 20.1 Å². The summed E-state index contributed by atoms with van der Waals surface area (Å²) in [5.74, 6) is -1.28. The molecule has 1 radical (unpaired) electrons. The third kappa shape index (κ3) is 5.27. The van der Waals surface area contributed by atoms with Gasteiger partial charge in [-0.15, -0.1) is 12.1 Å². The van der Waals surface area contributed by atoms with Crippen molar-refractivity contribution in [2.75, 3.05) is 7.11 Å². The van der Waals surface area contributed by atoms with Crippen molar-refractivity contribution in [1.29, 1.82) is 0 Å². The summed E-state index contributed by atoms with van der Waals surface area (Å²) in [5, 5.41) is 10.7. The zero-order valence-electron chi connectivity index (χ0n) is 14.3. The Morgan fingerprint density at radius 2 is 1.96 bits per heavy atom. The van der Waals surface area contributed by atoms with Gasteiger partial charge in [-0.25, -0.2) is 0 Å². The molecule has 0 aliphatic heterocycles. The van der Waals surface area contributed by atoms with Gasteiger partial charge < -0.3 is 14.9 Å². The van der Waals surface area contributed by atoms with E-state index in [0.29, 0.717) is 17.1 Å². The van der Waals surface area contributed by atoms with Gasteiger partial charge in [-0.3, -0.25) is 18.4 Å². The number of halogens is 3. The number of hydrogen-bond donors (Lipinski definition) is 0. The van der Waals surface area contributed by atoms with Gasteiger partial charge in [0.1, 0.15) is 5.75 Å². The number of aromatic nitrogens is 5. The number of hydrogen-bond acceptors (Lipinski definition) is 4. The number of ether oxygens (including phenoxy) is 1. The quantitative estimate of drug-likeness (QED) is 0.359. The van der Waals surface area contributed by atoms with Crippen LogP contribution in [0, 0.1) is 23.6 Å². The fraction of sp³-hybridized carbons (Fsp3) is 0.0556. The molecule has 0 unspecified atom stereocenters. The molecule has 0 N–H and O–H groups in total. The van der Waals surface area contributed by atoms with Crippen molar-refractivity contribution in [3.8, 4) is 22.8 Å². The van der Waals surface area contributed by atoms with Crippen LogP contribution in [-0.4, -0.2) is 27.0 Å². The average molecular weight is 564 g/mol. The minimum Gasteiger partial charge on any atom is -0.571 e. The number of benzene rings is 1. The van der Waals surface area contributed by atoms with Crippen molar-refractivity contribution < 1.29 is 38.0 Å². The molecule has 0 bridgehead atoms. The topological polar surface area (TPSA) is 66.9 Å². The van der Waals surface area contributed by atoms with Gasteiger partial charge >= 0.3 is 0 Å². The van der Waals surface area contributed by atoms with Gasteiger partial charge in [-0.05, 0) is 23.9 Å². The Kier molecular flexibility index (Phi) is 7.48. The Balaban J connectivity index is 0.000000194. The molecule has 0 spiro atoms. The van der Waals surface area contributed by atoms with Gasteiger partial charge in [0.25, 0.3) is 0 Å². The zero-order valence-corrected chi connectivity index (χ0v) is 16.7. The summed E-state index contributed by atoms with van der Waals surface area (Å²) in [6.07, 6.45) is 4.64. The van der Waals surface area contributed by atoms with Crippen LogP contribution in [0.5, 0.6) is 5.75 Å². The summed E-state index contributed by atoms with van der Waals surface area (Å²) >= 11 is 0. The summed E-state index contributed by atoms with van der Waals surface area (Å²) in [5.41, 5.74) is 1.06. The first-order valence-electron chi connectivity index (χ1n) is 7.60. The summed E-state index contributed by atoms with van der Waals surface area (Å²) in [7, 11) is 1.55. The van der Waals surface area contributed by atoms with Gasteiger partial charge in [0, 0.05) is 56.4 Å². The van der Waals surface area contributed by atoms with Crippen molar-refractivity contribution >= 4 is 0 Å². The van der Waals surface area contributed by atoms with Crippen molar-refractivity contribution in [3.63, 3.8) is 0 Å². The van der Waals surface area contributed by atoms with Crippen molar-refractivity contribution in [3.05, 3.63) is 78.6 Å². The van der Waals surface area contributed by atoms with E-state index >= 15 is 0 Å². The minimum absolute atomic E-state index is 0. The zero-order chi connectivity index (χ0) is 19.2. The first-order chi connectivity index (χ1) is 13.1. The summed E-state index contributed by atoms with van der Waals surface area (Å²) in [6.45, 7) is 0. The van der Waals surface area contributed by atoms with E-state index in [4.69, 9.17) is 4.74 Å². The van der Waals surface area contributed by atoms with Crippen LogP contribution in [0.4, 0.5) is 13.2 Å². The maximum atomic E-state index is 13.1. The molecule has 3 aromatic heterocycles. The Morgan fingerprint density at radius 3 is 2.57 bits per heavy atom. The van der Waals surface area contributed by atoms with Crippen LogP contribution >= 0.6 is 0 Å². The summed E-state index contributed by atoms with van der Waals surface area (Å²) < 4.78 is 44.4. The molecule has 4 aromatic rings. The summed E-state index contributed by atoms with van der Waals surface area (Å²) in [4.78, 5) is 4.02. The number of nitrogens with zero attached hydrogens (tertiary/aromatic N) is 5. The van der Waals surface area contributed by atoms with Crippen molar-refractivity contribution in [2.45, 2.75) is 0 Å². The standard InChI is InChI=1S/C9H5F2N2.C9H7FN3O.Ir/c10-7-2-3-9(8(11)6-7)13-5-1-4-12-13;1-14-6-2-3-11-7(4-6)8-5-9(10)13-12-8;/h1-2,4-6H;2-5H,1H3;/q2*-1;. The smallest absolute Gasteiger partial charge is 0.193 e. The van der Waals surface area contributed by atoms with Crippen LogP contribution in [0.2, 0.25) is 0 Å². The fourth-order valence-electron chi connectivity index (χ4n) is 2.09. The molecule has 0 aliphatic carbocycles. The van der Waals surface area contributed by atoms with Gasteiger partial charge in [0.15, 0.2) is 5.95 Å². The molecule has 10 heteroatoms. The molecule has 0 fully saturated rings. The molecule has 4 rings (SSSR count). The maximum Gasteiger partial charge on any atom is 0.193 e. The predicted octanol–water partition coefficient (Wildman–Crippen LogP) is 3.20. The van der Waals surface area contributed by atoms with Crippen molar-refractivity contribution in [2.24, 2.45) is 0 Å². The van der Waals surface area contributed by atoms with E-state index in [1.807, 2.05) is 0 Å². The molecule has 3 heterocycles. The van der Waals surface area contributed by atoms with Gasteiger partial charge in [-0.2, -0.15) is 15.6 Å². The molecular formula is C18H12F3IrN5O-2. The van der Waals surface area contributed by atoms with Gasteiger partial charge in [-0.1, -0.05) is 5.69 Å². The largest absolute Gasteiger partial charge is 0.571 e. The molecule has 0 saturated carbocycles. The molecule has 0 amide bonds. The van der Waals surface area contributed by atoms with E-state index in [9.17, 15) is 13.2 Å². The first kappa shape index (κ1) is 21.3. The molecule has 0 aliphatic rings. The van der Waals surface area contributed by atoms with Crippen LogP contribution in [0.3, 0.4) is 0 Å². The van der Waals surface area contributed by atoms with Crippen LogP contribution in [0.1, 0.15) is 0 Å². The number of methoxy groups -OCH3 is 1. The van der Waals surface area contributed by atoms with E-state index in [2.05, 4.69) is 26.3 Å². The number of pyridine rings is 1. The fourth-order valence-corrected chi connectivity index (χ4v) is 2.09. The molecule has 1 aromatic carbocycles.